The topological polar surface area (TPSA) is 26.3 Å². The van der Waals surface area contributed by atoms with Crippen LogP contribution in [0.5, 0.6) is 5.75 Å². The van der Waals surface area contributed by atoms with Gasteiger partial charge in [-0.3, -0.25) is 4.79 Å². The Kier molecular flexibility index (Phi) is 4.74. The van der Waals surface area contributed by atoms with Gasteiger partial charge in [0, 0.05) is 6.42 Å². The van der Waals surface area contributed by atoms with Crippen molar-refractivity contribution in [2.75, 3.05) is 0 Å². The summed E-state index contributed by atoms with van der Waals surface area (Å²) >= 11 is 0. The van der Waals surface area contributed by atoms with Crippen LogP contribution in [0, 0.1) is 0 Å². The SMILES string of the molecule is O=C1CCCC/C1=C\c1cccc(OC2CCCCC2)c1. The molecule has 2 aliphatic rings. The molecule has 3 rings (SSSR count). The fraction of sp³-hybridized carbons (Fsp3) is 0.526. The van der Waals surface area contributed by atoms with Crippen molar-refractivity contribution in [3.8, 4) is 5.75 Å². The number of hydrogen-bond acceptors (Lipinski definition) is 2. The fourth-order valence-electron chi connectivity index (χ4n) is 3.31. The quantitative estimate of drug-likeness (QED) is 0.736. The van der Waals surface area contributed by atoms with Crippen LogP contribution in [0.15, 0.2) is 29.8 Å². The lowest BCUT2D eigenvalue weighted by Crippen LogP contribution is -2.19. The van der Waals surface area contributed by atoms with Crippen LogP contribution in [0.4, 0.5) is 0 Å². The molecule has 0 amide bonds. The van der Waals surface area contributed by atoms with E-state index in [1.54, 1.807) is 0 Å². The molecule has 0 heterocycles. The van der Waals surface area contributed by atoms with Gasteiger partial charge in [-0.05, 0) is 74.3 Å². The summed E-state index contributed by atoms with van der Waals surface area (Å²) in [7, 11) is 0. The van der Waals surface area contributed by atoms with Gasteiger partial charge in [-0.25, -0.2) is 0 Å². The van der Waals surface area contributed by atoms with Crippen LogP contribution < -0.4 is 4.74 Å². The van der Waals surface area contributed by atoms with Gasteiger partial charge < -0.3 is 4.74 Å². The molecule has 0 bridgehead atoms. The van der Waals surface area contributed by atoms with E-state index in [2.05, 4.69) is 18.2 Å². The van der Waals surface area contributed by atoms with Crippen LogP contribution in [0.3, 0.4) is 0 Å². The lowest BCUT2D eigenvalue weighted by molar-refractivity contribution is -0.116. The van der Waals surface area contributed by atoms with Crippen LogP contribution in [-0.4, -0.2) is 11.9 Å². The molecule has 2 saturated carbocycles. The first-order chi connectivity index (χ1) is 10.3. The highest BCUT2D eigenvalue weighted by atomic mass is 16.5. The van der Waals surface area contributed by atoms with Gasteiger partial charge in [0.25, 0.3) is 0 Å². The van der Waals surface area contributed by atoms with Gasteiger partial charge in [-0.2, -0.15) is 0 Å². The first-order valence-electron chi connectivity index (χ1n) is 8.32. The molecule has 0 aliphatic heterocycles. The minimum atomic E-state index is 0.319. The lowest BCUT2D eigenvalue weighted by atomic mass is 9.92. The number of rotatable bonds is 3. The maximum absolute atomic E-state index is 11.9. The van der Waals surface area contributed by atoms with Crippen molar-refractivity contribution in [2.24, 2.45) is 0 Å². The highest BCUT2D eigenvalue weighted by molar-refractivity contribution is 6.00. The number of ketones is 1. The van der Waals surface area contributed by atoms with E-state index in [0.29, 0.717) is 18.3 Å². The van der Waals surface area contributed by atoms with E-state index in [9.17, 15) is 4.79 Å². The van der Waals surface area contributed by atoms with Crippen LogP contribution in [0.1, 0.15) is 63.4 Å². The summed E-state index contributed by atoms with van der Waals surface area (Å²) in [5.41, 5.74) is 2.07. The molecule has 2 fully saturated rings. The molecular formula is C19H24O2. The van der Waals surface area contributed by atoms with Crippen LogP contribution in [0.2, 0.25) is 0 Å². The van der Waals surface area contributed by atoms with Crippen molar-refractivity contribution in [1.82, 2.24) is 0 Å². The Hall–Kier alpha value is -1.57. The van der Waals surface area contributed by atoms with Gasteiger partial charge in [-0.15, -0.1) is 0 Å². The Morgan fingerprint density at radius 2 is 1.81 bits per heavy atom. The summed E-state index contributed by atoms with van der Waals surface area (Å²) in [6.45, 7) is 0. The average molecular weight is 284 g/mol. The number of carbonyl (C=O) groups is 1. The van der Waals surface area contributed by atoms with Crippen molar-refractivity contribution in [1.29, 1.82) is 0 Å². The van der Waals surface area contributed by atoms with Gasteiger partial charge in [0.05, 0.1) is 6.10 Å². The molecule has 0 unspecified atom stereocenters. The zero-order valence-corrected chi connectivity index (χ0v) is 12.6. The molecule has 0 N–H and O–H groups in total. The summed E-state index contributed by atoms with van der Waals surface area (Å²) in [5.74, 6) is 1.26. The van der Waals surface area contributed by atoms with Crippen molar-refractivity contribution < 1.29 is 9.53 Å². The molecule has 2 aliphatic carbocycles. The minimum Gasteiger partial charge on any atom is -0.490 e. The lowest BCUT2D eigenvalue weighted by Gasteiger charge is -2.23. The second-order valence-corrected chi connectivity index (χ2v) is 6.25. The normalized spacial score (nSPS) is 22.5. The Morgan fingerprint density at radius 3 is 2.62 bits per heavy atom. The standard InChI is InChI=1S/C19H24O2/c20-19-12-5-4-8-16(19)13-15-7-6-11-18(14-15)21-17-9-2-1-3-10-17/h6-7,11,13-14,17H,1-5,8-10,12H2/b16-13+. The predicted molar refractivity (Wildman–Crippen MR) is 85.4 cm³/mol. The van der Waals surface area contributed by atoms with Gasteiger partial charge in [0.15, 0.2) is 5.78 Å². The molecule has 2 heteroatoms. The number of Topliss-reactive ketones (excluding diaryl/α,β-unsaturated/α-hetero) is 1. The summed E-state index contributed by atoms with van der Waals surface area (Å²) < 4.78 is 6.10. The molecule has 2 nitrogen and oxygen atoms in total. The van der Waals surface area contributed by atoms with E-state index in [1.807, 2.05) is 12.1 Å². The smallest absolute Gasteiger partial charge is 0.158 e. The highest BCUT2D eigenvalue weighted by Crippen LogP contribution is 2.26. The van der Waals surface area contributed by atoms with E-state index >= 15 is 0 Å². The molecule has 21 heavy (non-hydrogen) atoms. The van der Waals surface area contributed by atoms with E-state index < -0.39 is 0 Å². The number of carbonyl (C=O) groups excluding carboxylic acids is 1. The Morgan fingerprint density at radius 1 is 1.00 bits per heavy atom. The zero-order chi connectivity index (χ0) is 14.5. The summed E-state index contributed by atoms with van der Waals surface area (Å²) in [6.07, 6.45) is 12.5. The third-order valence-corrected chi connectivity index (χ3v) is 4.51. The van der Waals surface area contributed by atoms with E-state index in [4.69, 9.17) is 4.74 Å². The molecule has 0 spiro atoms. The summed E-state index contributed by atoms with van der Waals surface area (Å²) in [5, 5.41) is 0. The Labute approximate surface area is 127 Å². The van der Waals surface area contributed by atoms with Crippen LogP contribution >= 0.6 is 0 Å². The van der Waals surface area contributed by atoms with E-state index in [1.165, 1.54) is 32.1 Å². The molecular weight excluding hydrogens is 260 g/mol. The second kappa shape index (κ2) is 6.93. The van der Waals surface area contributed by atoms with Gasteiger partial charge in [0.2, 0.25) is 0 Å². The first kappa shape index (κ1) is 14.4. The molecule has 0 saturated heterocycles. The average Bonchev–Trinajstić information content (AvgIpc) is 2.51. The predicted octanol–water partition coefficient (Wildman–Crippen LogP) is 4.92. The molecule has 0 atom stereocenters. The van der Waals surface area contributed by atoms with Crippen LogP contribution in [-0.2, 0) is 4.79 Å². The molecule has 1 aromatic carbocycles. The number of benzene rings is 1. The van der Waals surface area contributed by atoms with E-state index in [-0.39, 0.29) is 0 Å². The van der Waals surface area contributed by atoms with Crippen molar-refractivity contribution in [3.63, 3.8) is 0 Å². The monoisotopic (exact) mass is 284 g/mol. The molecule has 0 radical (unpaired) electrons. The van der Waals surface area contributed by atoms with Gasteiger partial charge >= 0.3 is 0 Å². The van der Waals surface area contributed by atoms with Crippen molar-refractivity contribution in [2.45, 2.75) is 63.9 Å². The highest BCUT2D eigenvalue weighted by Gasteiger charge is 2.16. The maximum Gasteiger partial charge on any atom is 0.158 e. The zero-order valence-electron chi connectivity index (χ0n) is 12.6. The van der Waals surface area contributed by atoms with Crippen molar-refractivity contribution in [3.05, 3.63) is 35.4 Å². The molecule has 1 aromatic rings. The van der Waals surface area contributed by atoms with Crippen LogP contribution in [0.25, 0.3) is 6.08 Å². The van der Waals surface area contributed by atoms with Crippen molar-refractivity contribution >= 4 is 11.9 Å². The number of ether oxygens (including phenoxy) is 1. The molecule has 0 aromatic heterocycles. The van der Waals surface area contributed by atoms with E-state index in [0.717, 1.165) is 36.1 Å². The minimum absolute atomic E-state index is 0.319. The third-order valence-electron chi connectivity index (χ3n) is 4.51. The number of allylic oxidation sites excluding steroid dienone is 1. The van der Waals surface area contributed by atoms with Gasteiger partial charge in [-0.1, -0.05) is 18.6 Å². The fourth-order valence-corrected chi connectivity index (χ4v) is 3.31. The van der Waals surface area contributed by atoms with Gasteiger partial charge in [0.1, 0.15) is 5.75 Å². The summed E-state index contributed by atoms with van der Waals surface area (Å²) in [4.78, 5) is 11.9. The largest absolute Gasteiger partial charge is 0.490 e. The summed E-state index contributed by atoms with van der Waals surface area (Å²) in [6, 6.07) is 8.18. The second-order valence-electron chi connectivity index (χ2n) is 6.25. The Balaban J connectivity index is 1.70. The maximum atomic E-state index is 11.9. The number of hydrogen-bond donors (Lipinski definition) is 0. The third kappa shape index (κ3) is 3.96. The Bertz CT molecular complexity index is 524. The first-order valence-corrected chi connectivity index (χ1v) is 8.32. The molecule has 112 valence electrons.